The van der Waals surface area contributed by atoms with E-state index in [0.29, 0.717) is 6.61 Å². The number of piperazine rings is 1. The summed E-state index contributed by atoms with van der Waals surface area (Å²) in [5.74, 6) is 1.07. The second kappa shape index (κ2) is 8.17. The largest absolute Gasteiger partial charge is 0.492 e. The van der Waals surface area contributed by atoms with Crippen molar-refractivity contribution in [1.29, 1.82) is 0 Å². The Bertz CT molecular complexity index is 721. The molecule has 1 amide bonds. The molecule has 1 aliphatic rings. The predicted octanol–water partition coefficient (Wildman–Crippen LogP) is 3.14. The van der Waals surface area contributed by atoms with E-state index in [1.807, 2.05) is 48.2 Å². The minimum atomic E-state index is 0.147. The number of benzene rings is 2. The van der Waals surface area contributed by atoms with Crippen molar-refractivity contribution >= 4 is 5.91 Å². The lowest BCUT2D eigenvalue weighted by atomic mass is 10.1. The SMILES string of the molecule is Cc1cccc(OCCN2CCN(C(=O)c3ccccc3C)CC2)c1. The molecule has 4 heteroatoms. The minimum Gasteiger partial charge on any atom is -0.492 e. The Balaban J connectivity index is 1.44. The van der Waals surface area contributed by atoms with Crippen LogP contribution in [0.25, 0.3) is 0 Å². The molecule has 3 rings (SSSR count). The third-order valence-corrected chi connectivity index (χ3v) is 4.70. The van der Waals surface area contributed by atoms with Crippen molar-refractivity contribution < 1.29 is 9.53 Å². The molecule has 1 fully saturated rings. The van der Waals surface area contributed by atoms with Crippen LogP contribution in [0.5, 0.6) is 5.75 Å². The van der Waals surface area contributed by atoms with Crippen molar-refractivity contribution in [2.75, 3.05) is 39.3 Å². The molecule has 0 saturated carbocycles. The second-order valence-electron chi connectivity index (χ2n) is 6.61. The van der Waals surface area contributed by atoms with Gasteiger partial charge in [0.2, 0.25) is 0 Å². The summed E-state index contributed by atoms with van der Waals surface area (Å²) < 4.78 is 5.83. The third-order valence-electron chi connectivity index (χ3n) is 4.70. The summed E-state index contributed by atoms with van der Waals surface area (Å²) in [6.45, 7) is 8.97. The van der Waals surface area contributed by atoms with Gasteiger partial charge in [-0.1, -0.05) is 30.3 Å². The summed E-state index contributed by atoms with van der Waals surface area (Å²) in [7, 11) is 0. The summed E-state index contributed by atoms with van der Waals surface area (Å²) in [5.41, 5.74) is 3.07. The van der Waals surface area contributed by atoms with E-state index in [1.165, 1.54) is 5.56 Å². The Labute approximate surface area is 150 Å². The van der Waals surface area contributed by atoms with Gasteiger partial charge in [-0.3, -0.25) is 9.69 Å². The maximum Gasteiger partial charge on any atom is 0.254 e. The van der Waals surface area contributed by atoms with E-state index in [4.69, 9.17) is 4.74 Å². The number of hydrogen-bond donors (Lipinski definition) is 0. The molecule has 0 atom stereocenters. The molecule has 0 radical (unpaired) electrons. The number of hydrogen-bond acceptors (Lipinski definition) is 3. The Morgan fingerprint density at radius 2 is 1.76 bits per heavy atom. The number of carbonyl (C=O) groups excluding carboxylic acids is 1. The van der Waals surface area contributed by atoms with E-state index in [-0.39, 0.29) is 5.91 Å². The lowest BCUT2D eigenvalue weighted by molar-refractivity contribution is 0.0619. The molecule has 132 valence electrons. The lowest BCUT2D eigenvalue weighted by Crippen LogP contribution is -2.49. The first kappa shape index (κ1) is 17.5. The topological polar surface area (TPSA) is 32.8 Å². The molecule has 1 saturated heterocycles. The highest BCUT2D eigenvalue weighted by Gasteiger charge is 2.22. The van der Waals surface area contributed by atoms with Crippen LogP contribution >= 0.6 is 0 Å². The predicted molar refractivity (Wildman–Crippen MR) is 100 cm³/mol. The molecule has 0 aliphatic carbocycles. The Kier molecular flexibility index (Phi) is 5.71. The summed E-state index contributed by atoms with van der Waals surface area (Å²) in [4.78, 5) is 17.0. The summed E-state index contributed by atoms with van der Waals surface area (Å²) in [6, 6.07) is 15.9. The highest BCUT2D eigenvalue weighted by molar-refractivity contribution is 5.95. The van der Waals surface area contributed by atoms with E-state index < -0.39 is 0 Å². The fraction of sp³-hybridized carbons (Fsp3) is 0.381. The van der Waals surface area contributed by atoms with Crippen molar-refractivity contribution in [3.8, 4) is 5.75 Å². The van der Waals surface area contributed by atoms with Crippen LogP contribution in [0.3, 0.4) is 0 Å². The highest BCUT2D eigenvalue weighted by atomic mass is 16.5. The molecule has 0 aromatic heterocycles. The molecular weight excluding hydrogens is 312 g/mol. The third kappa shape index (κ3) is 4.60. The molecule has 0 N–H and O–H groups in total. The first-order chi connectivity index (χ1) is 12.1. The Hall–Kier alpha value is -2.33. The average Bonchev–Trinajstić information content (AvgIpc) is 2.62. The number of amides is 1. The molecule has 2 aromatic rings. The van der Waals surface area contributed by atoms with Gasteiger partial charge in [-0.05, 0) is 43.2 Å². The highest BCUT2D eigenvalue weighted by Crippen LogP contribution is 2.14. The van der Waals surface area contributed by atoms with E-state index in [1.54, 1.807) is 0 Å². The van der Waals surface area contributed by atoms with Crippen LogP contribution in [-0.2, 0) is 0 Å². The van der Waals surface area contributed by atoms with Crippen LogP contribution in [0.2, 0.25) is 0 Å². The zero-order valence-electron chi connectivity index (χ0n) is 15.1. The standard InChI is InChI=1S/C21H26N2O2/c1-17-6-5-8-19(16-17)25-15-14-22-10-12-23(13-11-22)21(24)20-9-4-3-7-18(20)2/h3-9,16H,10-15H2,1-2H3. The number of aryl methyl sites for hydroxylation is 2. The first-order valence-electron chi connectivity index (χ1n) is 8.90. The van der Waals surface area contributed by atoms with E-state index >= 15 is 0 Å². The molecule has 1 heterocycles. The van der Waals surface area contributed by atoms with E-state index in [0.717, 1.165) is 49.6 Å². The van der Waals surface area contributed by atoms with Crippen LogP contribution in [0, 0.1) is 13.8 Å². The van der Waals surface area contributed by atoms with Gasteiger partial charge >= 0.3 is 0 Å². The van der Waals surface area contributed by atoms with Crippen molar-refractivity contribution in [3.63, 3.8) is 0 Å². The van der Waals surface area contributed by atoms with Crippen LogP contribution in [0.1, 0.15) is 21.5 Å². The molecular formula is C21H26N2O2. The van der Waals surface area contributed by atoms with Gasteiger partial charge in [-0.15, -0.1) is 0 Å². The summed E-state index contributed by atoms with van der Waals surface area (Å²) in [5, 5.41) is 0. The fourth-order valence-electron chi connectivity index (χ4n) is 3.16. The van der Waals surface area contributed by atoms with Crippen LogP contribution < -0.4 is 4.74 Å². The van der Waals surface area contributed by atoms with Gasteiger partial charge in [-0.2, -0.15) is 0 Å². The van der Waals surface area contributed by atoms with Crippen molar-refractivity contribution in [2.45, 2.75) is 13.8 Å². The van der Waals surface area contributed by atoms with Crippen LogP contribution in [0.15, 0.2) is 48.5 Å². The molecule has 2 aromatic carbocycles. The van der Waals surface area contributed by atoms with Crippen LogP contribution in [0.4, 0.5) is 0 Å². The maximum absolute atomic E-state index is 12.6. The van der Waals surface area contributed by atoms with Gasteiger partial charge < -0.3 is 9.64 Å². The van der Waals surface area contributed by atoms with Crippen molar-refractivity contribution in [1.82, 2.24) is 9.80 Å². The summed E-state index contributed by atoms with van der Waals surface area (Å²) in [6.07, 6.45) is 0. The quantitative estimate of drug-likeness (QED) is 0.840. The second-order valence-corrected chi connectivity index (χ2v) is 6.61. The Morgan fingerprint density at radius 3 is 2.48 bits per heavy atom. The van der Waals surface area contributed by atoms with Crippen molar-refractivity contribution in [2.24, 2.45) is 0 Å². The number of ether oxygens (including phenoxy) is 1. The molecule has 0 bridgehead atoms. The Morgan fingerprint density at radius 1 is 1.00 bits per heavy atom. The average molecular weight is 338 g/mol. The smallest absolute Gasteiger partial charge is 0.254 e. The van der Waals surface area contributed by atoms with Gasteiger partial charge in [-0.25, -0.2) is 0 Å². The first-order valence-corrected chi connectivity index (χ1v) is 8.90. The minimum absolute atomic E-state index is 0.147. The maximum atomic E-state index is 12.6. The monoisotopic (exact) mass is 338 g/mol. The molecule has 1 aliphatic heterocycles. The number of rotatable bonds is 5. The van der Waals surface area contributed by atoms with Crippen LogP contribution in [-0.4, -0.2) is 55.0 Å². The normalized spacial score (nSPS) is 15.2. The van der Waals surface area contributed by atoms with Gasteiger partial charge in [0.1, 0.15) is 12.4 Å². The van der Waals surface area contributed by atoms with Crippen molar-refractivity contribution in [3.05, 3.63) is 65.2 Å². The zero-order valence-corrected chi connectivity index (χ0v) is 15.1. The fourth-order valence-corrected chi connectivity index (χ4v) is 3.16. The number of nitrogens with zero attached hydrogens (tertiary/aromatic N) is 2. The zero-order chi connectivity index (χ0) is 17.6. The number of carbonyl (C=O) groups is 1. The van der Waals surface area contributed by atoms with Gasteiger partial charge in [0.25, 0.3) is 5.91 Å². The van der Waals surface area contributed by atoms with E-state index in [9.17, 15) is 4.79 Å². The van der Waals surface area contributed by atoms with Gasteiger partial charge in [0, 0.05) is 38.3 Å². The lowest BCUT2D eigenvalue weighted by Gasteiger charge is -2.34. The molecule has 25 heavy (non-hydrogen) atoms. The van der Waals surface area contributed by atoms with E-state index in [2.05, 4.69) is 24.0 Å². The molecule has 0 spiro atoms. The van der Waals surface area contributed by atoms with Gasteiger partial charge in [0.05, 0.1) is 0 Å². The molecule has 4 nitrogen and oxygen atoms in total. The van der Waals surface area contributed by atoms with Gasteiger partial charge in [0.15, 0.2) is 0 Å². The molecule has 0 unspecified atom stereocenters. The summed E-state index contributed by atoms with van der Waals surface area (Å²) >= 11 is 0.